The lowest BCUT2D eigenvalue weighted by Gasteiger charge is -2.33. The zero-order chi connectivity index (χ0) is 18.9. The van der Waals surface area contributed by atoms with Crippen LogP contribution in [0.3, 0.4) is 0 Å². The lowest BCUT2D eigenvalue weighted by molar-refractivity contribution is -0.178. The van der Waals surface area contributed by atoms with Gasteiger partial charge in [0.2, 0.25) is 0 Å². The van der Waals surface area contributed by atoms with E-state index in [0.29, 0.717) is 23.6 Å². The number of amides is 1. The van der Waals surface area contributed by atoms with Gasteiger partial charge in [0.1, 0.15) is 12.8 Å². The maximum atomic E-state index is 13.0. The fourth-order valence-corrected chi connectivity index (χ4v) is 3.13. The van der Waals surface area contributed by atoms with Crippen LogP contribution >= 0.6 is 0 Å². The quantitative estimate of drug-likeness (QED) is 0.389. The lowest BCUT2D eigenvalue weighted by atomic mass is 9.79. The van der Waals surface area contributed by atoms with Gasteiger partial charge in [-0.05, 0) is 42.2 Å². The van der Waals surface area contributed by atoms with Crippen LogP contribution in [0.5, 0.6) is 11.5 Å². The Morgan fingerprint density at radius 1 is 1.19 bits per heavy atom. The standard InChI is InChI=1S/C20H24NO5/c1-20(2)11-12-25-18-10-5-14(13-17(18)20)19(22)21(3,23)15-6-8-16(9-7-15)26-24-4/h5-10,13,23H,11-12H2,1-4H3/q+1. The maximum Gasteiger partial charge on any atom is 0.382 e. The number of fused-ring (bicyclic) bond motifs is 1. The molecule has 0 spiro atoms. The minimum absolute atomic E-state index is 0.0815. The number of hydroxylamine groups is 2. The second-order valence-corrected chi connectivity index (χ2v) is 7.20. The van der Waals surface area contributed by atoms with Crippen LogP contribution < -0.4 is 14.3 Å². The van der Waals surface area contributed by atoms with E-state index in [-0.39, 0.29) is 5.41 Å². The van der Waals surface area contributed by atoms with Gasteiger partial charge in [0.25, 0.3) is 0 Å². The topological polar surface area (TPSA) is 65.0 Å². The number of carbonyl (C=O) groups excluding carboxylic acids is 1. The van der Waals surface area contributed by atoms with Crippen LogP contribution in [0.2, 0.25) is 0 Å². The Balaban J connectivity index is 1.92. The molecule has 1 heterocycles. The SMILES string of the molecule is COOc1ccc([N+](C)(O)C(=O)c2ccc3c(c2)C(C)(C)CCO3)cc1. The van der Waals surface area contributed by atoms with E-state index in [0.717, 1.165) is 17.7 Å². The molecule has 0 radical (unpaired) electrons. The Morgan fingerprint density at radius 3 is 2.54 bits per heavy atom. The highest BCUT2D eigenvalue weighted by Crippen LogP contribution is 2.39. The summed E-state index contributed by atoms with van der Waals surface area (Å²) >= 11 is 0. The number of carbonyl (C=O) groups is 1. The molecule has 1 amide bonds. The van der Waals surface area contributed by atoms with Gasteiger partial charge in [-0.2, -0.15) is 4.89 Å². The van der Waals surface area contributed by atoms with E-state index >= 15 is 0 Å². The summed E-state index contributed by atoms with van der Waals surface area (Å²) in [5.74, 6) is 0.858. The largest absolute Gasteiger partial charge is 0.493 e. The molecule has 0 fully saturated rings. The van der Waals surface area contributed by atoms with E-state index in [1.807, 2.05) is 6.07 Å². The molecule has 1 N–H and O–H groups in total. The molecule has 2 aromatic rings. The molecule has 138 valence electrons. The van der Waals surface area contributed by atoms with Gasteiger partial charge in [-0.15, -0.1) is 0 Å². The molecule has 0 saturated carbocycles. The van der Waals surface area contributed by atoms with Crippen LogP contribution in [-0.4, -0.2) is 31.9 Å². The van der Waals surface area contributed by atoms with Crippen LogP contribution in [0.25, 0.3) is 0 Å². The van der Waals surface area contributed by atoms with Gasteiger partial charge in [0.15, 0.2) is 11.4 Å². The summed E-state index contributed by atoms with van der Waals surface area (Å²) < 4.78 is 4.80. The van der Waals surface area contributed by atoms with Crippen molar-refractivity contribution >= 4 is 11.6 Å². The highest BCUT2D eigenvalue weighted by molar-refractivity contribution is 6.01. The summed E-state index contributed by atoms with van der Waals surface area (Å²) in [6.07, 6.45) is 0.879. The van der Waals surface area contributed by atoms with Crippen molar-refractivity contribution in [2.75, 3.05) is 20.8 Å². The first-order valence-electron chi connectivity index (χ1n) is 8.48. The number of quaternary nitrogens is 1. The van der Waals surface area contributed by atoms with E-state index in [1.54, 1.807) is 36.4 Å². The molecule has 0 saturated heterocycles. The molecule has 0 bridgehead atoms. The van der Waals surface area contributed by atoms with Gasteiger partial charge in [0, 0.05) is 17.7 Å². The van der Waals surface area contributed by atoms with Crippen molar-refractivity contribution in [1.29, 1.82) is 0 Å². The first-order valence-corrected chi connectivity index (χ1v) is 8.48. The lowest BCUT2D eigenvalue weighted by Crippen LogP contribution is -2.47. The normalized spacial score (nSPS) is 17.6. The van der Waals surface area contributed by atoms with Crippen LogP contribution in [0, 0.1) is 0 Å². The van der Waals surface area contributed by atoms with Crippen LogP contribution in [0.4, 0.5) is 5.69 Å². The molecule has 3 rings (SSSR count). The van der Waals surface area contributed by atoms with Gasteiger partial charge < -0.3 is 9.62 Å². The number of hydrogen-bond donors (Lipinski definition) is 1. The van der Waals surface area contributed by atoms with Crippen molar-refractivity contribution in [2.24, 2.45) is 0 Å². The zero-order valence-corrected chi connectivity index (χ0v) is 15.5. The molecule has 1 atom stereocenters. The molecule has 0 aromatic heterocycles. The van der Waals surface area contributed by atoms with Crippen molar-refractivity contribution in [1.82, 2.24) is 4.65 Å². The third kappa shape index (κ3) is 3.31. The first-order chi connectivity index (χ1) is 12.3. The number of rotatable bonds is 4. The summed E-state index contributed by atoms with van der Waals surface area (Å²) in [6.45, 7) is 4.92. The van der Waals surface area contributed by atoms with E-state index < -0.39 is 10.6 Å². The fourth-order valence-electron chi connectivity index (χ4n) is 3.13. The third-order valence-electron chi connectivity index (χ3n) is 4.85. The second kappa shape index (κ2) is 6.72. The molecule has 1 aliphatic rings. The summed E-state index contributed by atoms with van der Waals surface area (Å²) in [5.41, 5.74) is 1.76. The van der Waals surface area contributed by atoms with Crippen molar-refractivity contribution in [2.45, 2.75) is 25.7 Å². The molecule has 26 heavy (non-hydrogen) atoms. The molecule has 1 unspecified atom stereocenters. The molecule has 2 aromatic carbocycles. The average molecular weight is 358 g/mol. The van der Waals surface area contributed by atoms with Crippen LogP contribution in [0.15, 0.2) is 42.5 Å². The minimum atomic E-state index is -0.896. The molecule has 6 heteroatoms. The highest BCUT2D eigenvalue weighted by Gasteiger charge is 2.37. The minimum Gasteiger partial charge on any atom is -0.493 e. The van der Waals surface area contributed by atoms with Crippen molar-refractivity contribution in [3.05, 3.63) is 53.6 Å². The van der Waals surface area contributed by atoms with Crippen molar-refractivity contribution in [3.63, 3.8) is 0 Å². The van der Waals surface area contributed by atoms with Gasteiger partial charge in [-0.25, -0.2) is 10.0 Å². The average Bonchev–Trinajstić information content (AvgIpc) is 2.61. The monoisotopic (exact) mass is 358 g/mol. The summed E-state index contributed by atoms with van der Waals surface area (Å²) in [4.78, 5) is 22.5. The zero-order valence-electron chi connectivity index (χ0n) is 15.5. The molecular formula is C20H24NO5+. The van der Waals surface area contributed by atoms with Gasteiger partial charge in [-0.3, -0.25) is 0 Å². The molecule has 6 nitrogen and oxygen atoms in total. The van der Waals surface area contributed by atoms with Crippen molar-refractivity contribution in [3.8, 4) is 11.5 Å². The number of benzene rings is 2. The van der Waals surface area contributed by atoms with Gasteiger partial charge in [0.05, 0.1) is 19.3 Å². The smallest absolute Gasteiger partial charge is 0.382 e. The Bertz CT molecular complexity index is 811. The predicted octanol–water partition coefficient (Wildman–Crippen LogP) is 3.85. The molecular weight excluding hydrogens is 334 g/mol. The number of nitrogens with zero attached hydrogens (tertiary/aromatic N) is 1. The summed E-state index contributed by atoms with van der Waals surface area (Å²) in [7, 11) is 2.85. The second-order valence-electron chi connectivity index (χ2n) is 7.20. The Morgan fingerprint density at radius 2 is 1.88 bits per heavy atom. The number of hydrogen-bond acceptors (Lipinski definition) is 5. The molecule has 0 aliphatic carbocycles. The van der Waals surface area contributed by atoms with E-state index in [2.05, 4.69) is 18.7 Å². The van der Waals surface area contributed by atoms with E-state index in [9.17, 15) is 10.0 Å². The third-order valence-corrected chi connectivity index (χ3v) is 4.85. The van der Waals surface area contributed by atoms with E-state index in [1.165, 1.54) is 14.2 Å². The number of ether oxygens (including phenoxy) is 1. The highest BCUT2D eigenvalue weighted by atomic mass is 17.2. The van der Waals surface area contributed by atoms with Gasteiger partial charge in [-0.1, -0.05) is 18.5 Å². The Hall–Kier alpha value is -2.41. The predicted molar refractivity (Wildman–Crippen MR) is 97.5 cm³/mol. The van der Waals surface area contributed by atoms with E-state index in [4.69, 9.17) is 9.62 Å². The van der Waals surface area contributed by atoms with Crippen LogP contribution in [-0.2, 0) is 10.3 Å². The van der Waals surface area contributed by atoms with Gasteiger partial charge >= 0.3 is 5.91 Å². The van der Waals surface area contributed by atoms with Crippen molar-refractivity contribution < 1.29 is 24.5 Å². The summed E-state index contributed by atoms with van der Waals surface area (Å²) in [5, 5.41) is 10.8. The fraction of sp³-hybridized carbons (Fsp3) is 0.350. The molecule has 1 aliphatic heterocycles. The van der Waals surface area contributed by atoms with Crippen LogP contribution in [0.1, 0.15) is 36.2 Å². The Labute approximate surface area is 153 Å². The first kappa shape index (κ1) is 18.4. The maximum absolute atomic E-state index is 13.0. The Kier molecular flexibility index (Phi) is 4.75. The summed E-state index contributed by atoms with van der Waals surface area (Å²) in [6, 6.07) is 11.8.